The second kappa shape index (κ2) is 16.1. The van der Waals surface area contributed by atoms with Crippen molar-refractivity contribution in [3.05, 3.63) is 12.7 Å². The number of nitrogens with zero attached hydrogens (tertiary/aromatic N) is 1. The highest BCUT2D eigenvalue weighted by atomic mass is 16.4. The maximum Gasteiger partial charge on any atom is 0.306 e. The van der Waals surface area contributed by atoms with E-state index >= 15 is 0 Å². The summed E-state index contributed by atoms with van der Waals surface area (Å²) in [6, 6.07) is 0. The highest BCUT2D eigenvalue weighted by molar-refractivity contribution is 5.69. The number of allylic oxidation sites excluding steroid dienone is 1. The Balaban J connectivity index is 5.01. The van der Waals surface area contributed by atoms with Crippen molar-refractivity contribution in [3.8, 4) is 0 Å². The second-order valence-electron chi connectivity index (χ2n) is 8.36. The summed E-state index contributed by atoms with van der Waals surface area (Å²) in [7, 11) is 0. The van der Waals surface area contributed by atoms with Crippen molar-refractivity contribution in [2.24, 2.45) is 5.92 Å². The van der Waals surface area contributed by atoms with E-state index in [1.807, 2.05) is 6.08 Å². The number of carboxylic acids is 1. The molecule has 0 aromatic heterocycles. The van der Waals surface area contributed by atoms with E-state index in [4.69, 9.17) is 0 Å². The molecule has 0 bridgehead atoms. The number of hydrogen-bond donors (Lipinski definition) is 2. The van der Waals surface area contributed by atoms with Crippen molar-refractivity contribution in [2.75, 3.05) is 26.2 Å². The van der Waals surface area contributed by atoms with Gasteiger partial charge in [-0.2, -0.15) is 0 Å². The van der Waals surface area contributed by atoms with E-state index in [-0.39, 0.29) is 12.0 Å². The lowest BCUT2D eigenvalue weighted by Gasteiger charge is -2.41. The Labute approximate surface area is 168 Å². The number of carboxylic acid groups (broad SMARTS) is 1. The zero-order valence-electron chi connectivity index (χ0n) is 18.3. The molecule has 2 atom stereocenters. The molecule has 0 radical (unpaired) electrons. The van der Waals surface area contributed by atoms with Crippen LogP contribution in [0.3, 0.4) is 0 Å². The van der Waals surface area contributed by atoms with Crippen molar-refractivity contribution in [2.45, 2.75) is 97.5 Å². The van der Waals surface area contributed by atoms with Crippen LogP contribution in [0.5, 0.6) is 0 Å². The number of aliphatic hydroxyl groups excluding tert-OH is 1. The van der Waals surface area contributed by atoms with E-state index in [2.05, 4.69) is 20.4 Å². The largest absolute Gasteiger partial charge is 0.481 e. The Morgan fingerprint density at radius 3 is 2.04 bits per heavy atom. The SMILES string of the molecule is C=CCCCCC(O)C[N+](CCCCC)(CCCCC)CCC(C)C(=O)O. The van der Waals surface area contributed by atoms with Gasteiger partial charge in [0, 0.05) is 6.42 Å². The van der Waals surface area contributed by atoms with Crippen LogP contribution in [-0.4, -0.2) is 52.9 Å². The van der Waals surface area contributed by atoms with Gasteiger partial charge >= 0.3 is 5.97 Å². The lowest BCUT2D eigenvalue weighted by molar-refractivity contribution is -0.931. The molecule has 0 heterocycles. The highest BCUT2D eigenvalue weighted by Crippen LogP contribution is 2.20. The molecule has 2 N–H and O–H groups in total. The van der Waals surface area contributed by atoms with Gasteiger partial charge in [-0.05, 0) is 44.9 Å². The van der Waals surface area contributed by atoms with Crippen molar-refractivity contribution < 1.29 is 19.5 Å². The van der Waals surface area contributed by atoms with Gasteiger partial charge in [0.25, 0.3) is 0 Å². The first-order chi connectivity index (χ1) is 12.9. The van der Waals surface area contributed by atoms with Gasteiger partial charge in [0.1, 0.15) is 12.6 Å². The molecule has 0 saturated carbocycles. The van der Waals surface area contributed by atoms with Crippen molar-refractivity contribution in [1.82, 2.24) is 0 Å². The lowest BCUT2D eigenvalue weighted by Crippen LogP contribution is -2.54. The predicted octanol–water partition coefficient (Wildman–Crippen LogP) is 5.40. The van der Waals surface area contributed by atoms with Crippen LogP contribution in [0.25, 0.3) is 0 Å². The molecule has 27 heavy (non-hydrogen) atoms. The number of aliphatic carboxylic acids is 1. The minimum Gasteiger partial charge on any atom is -0.481 e. The second-order valence-corrected chi connectivity index (χ2v) is 8.36. The Bertz CT molecular complexity index is 374. The van der Waals surface area contributed by atoms with Gasteiger partial charge in [-0.15, -0.1) is 6.58 Å². The average Bonchev–Trinajstić information content (AvgIpc) is 2.63. The predicted molar refractivity (Wildman–Crippen MR) is 115 cm³/mol. The summed E-state index contributed by atoms with van der Waals surface area (Å²) < 4.78 is 0.889. The van der Waals surface area contributed by atoms with Gasteiger partial charge < -0.3 is 14.7 Å². The molecule has 0 aromatic rings. The summed E-state index contributed by atoms with van der Waals surface area (Å²) in [6.45, 7) is 13.8. The van der Waals surface area contributed by atoms with Crippen molar-refractivity contribution in [3.63, 3.8) is 0 Å². The molecule has 0 spiro atoms. The van der Waals surface area contributed by atoms with Crippen LogP contribution in [0.2, 0.25) is 0 Å². The molecule has 4 heteroatoms. The molecular weight excluding hydrogens is 338 g/mol. The number of unbranched alkanes of at least 4 members (excludes halogenated alkanes) is 6. The number of hydrogen-bond acceptors (Lipinski definition) is 2. The smallest absolute Gasteiger partial charge is 0.306 e. The Kier molecular flexibility index (Phi) is 15.6. The molecule has 0 amide bonds. The van der Waals surface area contributed by atoms with Gasteiger partial charge in [0.05, 0.1) is 25.6 Å². The summed E-state index contributed by atoms with van der Waals surface area (Å²) in [4.78, 5) is 11.3. The van der Waals surface area contributed by atoms with E-state index in [1.165, 1.54) is 25.7 Å². The van der Waals surface area contributed by atoms with E-state index in [1.54, 1.807) is 6.92 Å². The standard InChI is InChI=1S/C23H45NO3/c1-5-8-11-12-15-22(25)20-24(17-13-9-6-2,18-14-10-7-3)19-16-21(4)23(26)27/h5,21-22,25H,1,6-20H2,2-4H3/p+1. The van der Waals surface area contributed by atoms with E-state index in [0.717, 1.165) is 69.2 Å². The first kappa shape index (κ1) is 26.1. The third-order valence-electron chi connectivity index (χ3n) is 5.72. The van der Waals surface area contributed by atoms with Crippen molar-refractivity contribution in [1.29, 1.82) is 0 Å². The fourth-order valence-corrected chi connectivity index (χ4v) is 3.80. The van der Waals surface area contributed by atoms with E-state index < -0.39 is 5.97 Å². The maximum absolute atomic E-state index is 11.3. The number of aliphatic hydroxyl groups is 1. The zero-order chi connectivity index (χ0) is 20.5. The monoisotopic (exact) mass is 384 g/mol. The van der Waals surface area contributed by atoms with Crippen LogP contribution >= 0.6 is 0 Å². The van der Waals surface area contributed by atoms with Crippen molar-refractivity contribution >= 4 is 5.97 Å². The van der Waals surface area contributed by atoms with Crippen LogP contribution in [0.1, 0.15) is 91.4 Å². The minimum absolute atomic E-state index is 0.293. The Hall–Kier alpha value is -0.870. The van der Waals surface area contributed by atoms with Gasteiger partial charge in [0.2, 0.25) is 0 Å². The van der Waals surface area contributed by atoms with Crippen LogP contribution in [0.4, 0.5) is 0 Å². The Morgan fingerprint density at radius 2 is 1.56 bits per heavy atom. The maximum atomic E-state index is 11.3. The number of rotatable bonds is 19. The minimum atomic E-state index is -0.708. The zero-order valence-corrected chi connectivity index (χ0v) is 18.3. The molecule has 2 unspecified atom stereocenters. The fourth-order valence-electron chi connectivity index (χ4n) is 3.80. The van der Waals surface area contributed by atoms with Gasteiger partial charge in [-0.25, -0.2) is 0 Å². The molecular formula is C23H46NO3+. The summed E-state index contributed by atoms with van der Waals surface area (Å²) >= 11 is 0. The number of quaternary nitrogens is 1. The van der Waals surface area contributed by atoms with E-state index in [0.29, 0.717) is 6.42 Å². The number of carbonyl (C=O) groups is 1. The van der Waals surface area contributed by atoms with Crippen LogP contribution < -0.4 is 0 Å². The topological polar surface area (TPSA) is 57.5 Å². The molecule has 0 fully saturated rings. The quantitative estimate of drug-likeness (QED) is 0.178. The third-order valence-corrected chi connectivity index (χ3v) is 5.72. The molecule has 0 aliphatic rings. The Morgan fingerprint density at radius 1 is 0.963 bits per heavy atom. The first-order valence-electron chi connectivity index (χ1n) is 11.3. The summed E-state index contributed by atoms with van der Waals surface area (Å²) in [5.74, 6) is -1.02. The lowest BCUT2D eigenvalue weighted by atomic mass is 10.0. The summed E-state index contributed by atoms with van der Waals surface area (Å²) in [5.41, 5.74) is 0. The molecule has 0 aliphatic carbocycles. The molecule has 0 rings (SSSR count). The molecule has 160 valence electrons. The molecule has 0 aliphatic heterocycles. The van der Waals surface area contributed by atoms with Crippen LogP contribution in [0.15, 0.2) is 12.7 Å². The third kappa shape index (κ3) is 13.0. The van der Waals surface area contributed by atoms with Crippen LogP contribution in [-0.2, 0) is 4.79 Å². The fraction of sp³-hybridized carbons (Fsp3) is 0.870. The summed E-state index contributed by atoms with van der Waals surface area (Å²) in [5, 5.41) is 20.0. The normalized spacial score (nSPS) is 14.1. The van der Waals surface area contributed by atoms with E-state index in [9.17, 15) is 15.0 Å². The molecule has 0 aromatic carbocycles. The first-order valence-corrected chi connectivity index (χ1v) is 11.3. The summed E-state index contributed by atoms with van der Waals surface area (Å²) in [6.07, 6.45) is 13.4. The van der Waals surface area contributed by atoms with Gasteiger partial charge in [0.15, 0.2) is 0 Å². The molecule has 0 saturated heterocycles. The highest BCUT2D eigenvalue weighted by Gasteiger charge is 2.30. The average molecular weight is 385 g/mol. The molecule has 4 nitrogen and oxygen atoms in total. The van der Waals surface area contributed by atoms with Gasteiger partial charge in [-0.1, -0.05) is 46.1 Å². The van der Waals surface area contributed by atoms with Crippen LogP contribution in [0, 0.1) is 5.92 Å². The van der Waals surface area contributed by atoms with Gasteiger partial charge in [-0.3, -0.25) is 4.79 Å².